The molecular formula is C26H32N4O4. The van der Waals surface area contributed by atoms with Gasteiger partial charge in [-0.1, -0.05) is 18.9 Å². The molecule has 1 aliphatic carbocycles. The molecule has 1 aromatic carbocycles. The van der Waals surface area contributed by atoms with E-state index in [-0.39, 0.29) is 41.9 Å². The number of hydrogen-bond acceptors (Lipinski definition) is 5. The molecule has 1 saturated heterocycles. The van der Waals surface area contributed by atoms with Gasteiger partial charge in [0, 0.05) is 34.7 Å². The van der Waals surface area contributed by atoms with Gasteiger partial charge in [0.25, 0.3) is 0 Å². The third kappa shape index (κ3) is 5.41. The van der Waals surface area contributed by atoms with Gasteiger partial charge in [-0.3, -0.25) is 14.4 Å². The van der Waals surface area contributed by atoms with E-state index in [0.717, 1.165) is 23.7 Å². The maximum absolute atomic E-state index is 13.2. The van der Waals surface area contributed by atoms with Crippen molar-refractivity contribution in [3.8, 4) is 11.8 Å². The van der Waals surface area contributed by atoms with Crippen molar-refractivity contribution >= 4 is 28.5 Å². The van der Waals surface area contributed by atoms with Crippen LogP contribution in [0.3, 0.4) is 0 Å². The highest BCUT2D eigenvalue weighted by Gasteiger charge is 2.39. The number of aromatic nitrogens is 1. The molecule has 1 unspecified atom stereocenters. The minimum absolute atomic E-state index is 0.0621. The number of hydrogen-bond donors (Lipinski definition) is 3. The lowest BCUT2D eigenvalue weighted by Gasteiger charge is -2.20. The highest BCUT2D eigenvalue weighted by Crippen LogP contribution is 2.37. The third-order valence-corrected chi connectivity index (χ3v) is 6.84. The minimum Gasteiger partial charge on any atom is -0.496 e. The Kier molecular flexibility index (Phi) is 6.65. The van der Waals surface area contributed by atoms with Crippen LogP contribution in [0.1, 0.15) is 62.9 Å². The molecule has 2 amide bonds. The quantitative estimate of drug-likeness (QED) is 0.465. The second-order valence-corrected chi connectivity index (χ2v) is 10.3. The summed E-state index contributed by atoms with van der Waals surface area (Å²) in [6.45, 7) is 3.89. The predicted octanol–water partition coefficient (Wildman–Crippen LogP) is 3.48. The van der Waals surface area contributed by atoms with Crippen molar-refractivity contribution < 1.29 is 19.1 Å². The second-order valence-electron chi connectivity index (χ2n) is 10.3. The van der Waals surface area contributed by atoms with E-state index in [1.807, 2.05) is 32.0 Å². The summed E-state index contributed by atoms with van der Waals surface area (Å²) in [6.07, 6.45) is 3.68. The molecule has 2 aromatic rings. The number of amides is 2. The second kappa shape index (κ2) is 9.49. The summed E-state index contributed by atoms with van der Waals surface area (Å²) in [4.78, 5) is 41.6. The van der Waals surface area contributed by atoms with Gasteiger partial charge in [0.2, 0.25) is 11.8 Å². The van der Waals surface area contributed by atoms with Crippen LogP contribution < -0.4 is 15.4 Å². The van der Waals surface area contributed by atoms with E-state index in [1.165, 1.54) is 0 Å². The summed E-state index contributed by atoms with van der Waals surface area (Å²) in [6, 6.07) is 8.68. The average Bonchev–Trinajstić information content (AvgIpc) is 3.42. The number of rotatable bonds is 10. The number of nitriles is 1. The molecule has 34 heavy (non-hydrogen) atoms. The normalized spacial score (nSPS) is 20.9. The van der Waals surface area contributed by atoms with Crippen LogP contribution in [0.4, 0.5) is 0 Å². The molecule has 3 atom stereocenters. The summed E-state index contributed by atoms with van der Waals surface area (Å²) >= 11 is 0. The Morgan fingerprint density at radius 1 is 1.29 bits per heavy atom. The van der Waals surface area contributed by atoms with Gasteiger partial charge in [0.15, 0.2) is 5.78 Å². The number of methoxy groups -OCH3 is 1. The van der Waals surface area contributed by atoms with Crippen LogP contribution in [-0.4, -0.2) is 41.3 Å². The van der Waals surface area contributed by atoms with E-state index in [1.54, 1.807) is 13.2 Å². The Hall–Kier alpha value is -3.34. The molecule has 0 spiro atoms. The van der Waals surface area contributed by atoms with Crippen LogP contribution in [0.2, 0.25) is 0 Å². The number of aromatic amines is 1. The molecule has 2 aliphatic rings. The first-order chi connectivity index (χ1) is 16.2. The highest BCUT2D eigenvalue weighted by molar-refractivity contribution is 6.02. The lowest BCUT2D eigenvalue weighted by Crippen LogP contribution is -2.40. The van der Waals surface area contributed by atoms with Crippen molar-refractivity contribution in [2.45, 2.75) is 64.0 Å². The summed E-state index contributed by atoms with van der Waals surface area (Å²) in [5.74, 6) is -0.242. The highest BCUT2D eigenvalue weighted by atomic mass is 16.5. The molecule has 2 fully saturated rings. The fraction of sp³-hybridized carbons (Fsp3) is 0.538. The lowest BCUT2D eigenvalue weighted by molar-refractivity contribution is -0.127. The van der Waals surface area contributed by atoms with E-state index in [0.29, 0.717) is 30.2 Å². The SMILES string of the molecule is COc1cccc2[nH]c(C(=O)C[C@@H](CC3CC3)C(=O)N[C@H](C#N)CC3CC(C)(C)NC3=O)cc12. The predicted molar refractivity (Wildman–Crippen MR) is 127 cm³/mol. The number of nitrogens with one attached hydrogen (secondary N) is 3. The van der Waals surface area contributed by atoms with E-state index in [4.69, 9.17) is 4.74 Å². The molecule has 8 heteroatoms. The maximum Gasteiger partial charge on any atom is 0.224 e. The number of nitrogens with zero attached hydrogens (tertiary/aromatic N) is 1. The Morgan fingerprint density at radius 3 is 2.68 bits per heavy atom. The summed E-state index contributed by atoms with van der Waals surface area (Å²) in [7, 11) is 1.58. The van der Waals surface area contributed by atoms with Crippen molar-refractivity contribution in [2.24, 2.45) is 17.8 Å². The molecule has 0 bridgehead atoms. The average molecular weight is 465 g/mol. The van der Waals surface area contributed by atoms with Crippen molar-refractivity contribution in [1.82, 2.24) is 15.6 Å². The van der Waals surface area contributed by atoms with Gasteiger partial charge >= 0.3 is 0 Å². The third-order valence-electron chi connectivity index (χ3n) is 6.84. The molecule has 180 valence electrons. The Morgan fingerprint density at radius 2 is 2.06 bits per heavy atom. The van der Waals surface area contributed by atoms with Gasteiger partial charge in [-0.15, -0.1) is 0 Å². The van der Waals surface area contributed by atoms with Crippen LogP contribution >= 0.6 is 0 Å². The first kappa shape index (κ1) is 23.8. The summed E-state index contributed by atoms with van der Waals surface area (Å²) in [5, 5.41) is 16.2. The van der Waals surface area contributed by atoms with Crippen LogP contribution in [-0.2, 0) is 9.59 Å². The fourth-order valence-corrected chi connectivity index (χ4v) is 4.93. The van der Waals surface area contributed by atoms with Gasteiger partial charge in [-0.05, 0) is 57.2 Å². The Balaban J connectivity index is 1.44. The minimum atomic E-state index is -0.772. The Labute approximate surface area is 199 Å². The molecule has 4 rings (SSSR count). The largest absolute Gasteiger partial charge is 0.496 e. The first-order valence-corrected chi connectivity index (χ1v) is 11.9. The standard InChI is InChI=1S/C26H32N4O4/c1-26(2)13-17(25(33)30-26)10-18(14-27)28-24(32)16(9-15-7-8-15)11-22(31)21-12-19-20(29-21)5-4-6-23(19)34-3/h4-6,12,15-18,29H,7-11,13H2,1-3H3,(H,28,32)(H,30,33)/t16-,17?,18+/m1/s1. The molecule has 0 radical (unpaired) electrons. The smallest absolute Gasteiger partial charge is 0.224 e. The zero-order valence-corrected chi connectivity index (χ0v) is 19.9. The van der Waals surface area contributed by atoms with Crippen molar-refractivity contribution in [3.05, 3.63) is 30.0 Å². The number of ketones is 1. The molecule has 1 saturated carbocycles. The van der Waals surface area contributed by atoms with Gasteiger partial charge in [0.05, 0.1) is 18.9 Å². The zero-order chi connectivity index (χ0) is 24.5. The Bertz CT molecular complexity index is 1140. The van der Waals surface area contributed by atoms with Gasteiger partial charge in [0.1, 0.15) is 11.8 Å². The topological polar surface area (TPSA) is 124 Å². The zero-order valence-electron chi connectivity index (χ0n) is 19.9. The van der Waals surface area contributed by atoms with Gasteiger partial charge in [-0.2, -0.15) is 5.26 Å². The number of carbonyl (C=O) groups is 3. The molecule has 1 aliphatic heterocycles. The van der Waals surface area contributed by atoms with E-state index in [2.05, 4.69) is 21.7 Å². The summed E-state index contributed by atoms with van der Waals surface area (Å²) < 4.78 is 5.38. The summed E-state index contributed by atoms with van der Waals surface area (Å²) in [5.41, 5.74) is 0.928. The van der Waals surface area contributed by atoms with Crippen LogP contribution in [0.5, 0.6) is 5.75 Å². The molecule has 8 nitrogen and oxygen atoms in total. The number of Topliss-reactive ketones (excluding diaryl/α,β-unsaturated/α-hetero) is 1. The van der Waals surface area contributed by atoms with Gasteiger partial charge in [-0.25, -0.2) is 0 Å². The van der Waals surface area contributed by atoms with Crippen LogP contribution in [0.15, 0.2) is 24.3 Å². The first-order valence-electron chi connectivity index (χ1n) is 11.9. The van der Waals surface area contributed by atoms with Crippen molar-refractivity contribution in [3.63, 3.8) is 0 Å². The molecule has 3 N–H and O–H groups in total. The number of fused-ring (bicyclic) bond motifs is 1. The number of ether oxygens (including phenoxy) is 1. The molecular weight excluding hydrogens is 432 g/mol. The fourth-order valence-electron chi connectivity index (χ4n) is 4.93. The van der Waals surface area contributed by atoms with Crippen molar-refractivity contribution in [2.75, 3.05) is 7.11 Å². The number of carbonyl (C=O) groups excluding carboxylic acids is 3. The van der Waals surface area contributed by atoms with E-state index in [9.17, 15) is 19.6 Å². The van der Waals surface area contributed by atoms with Crippen LogP contribution in [0, 0.1) is 29.1 Å². The number of H-pyrrole nitrogens is 1. The lowest BCUT2D eigenvalue weighted by atomic mass is 9.90. The monoisotopic (exact) mass is 464 g/mol. The van der Waals surface area contributed by atoms with E-state index < -0.39 is 12.0 Å². The maximum atomic E-state index is 13.2. The number of benzene rings is 1. The van der Waals surface area contributed by atoms with E-state index >= 15 is 0 Å². The van der Waals surface area contributed by atoms with Crippen LogP contribution in [0.25, 0.3) is 10.9 Å². The van der Waals surface area contributed by atoms with Gasteiger partial charge < -0.3 is 20.4 Å². The molecule has 2 heterocycles. The molecule has 1 aromatic heterocycles. The van der Waals surface area contributed by atoms with Crippen molar-refractivity contribution in [1.29, 1.82) is 5.26 Å².